The molecule has 39 heavy (non-hydrogen) atoms. The van der Waals surface area contributed by atoms with Crippen molar-refractivity contribution in [3.63, 3.8) is 0 Å². The fourth-order valence-electron chi connectivity index (χ4n) is 6.82. The predicted molar refractivity (Wildman–Crippen MR) is 167 cm³/mol. The zero-order valence-electron chi connectivity index (χ0n) is 23.0. The summed E-state index contributed by atoms with van der Waals surface area (Å²) in [6.07, 6.45) is 10.9. The second kappa shape index (κ2) is 10.9. The smallest absolute Gasteiger partial charge is 0.261 e. The summed E-state index contributed by atoms with van der Waals surface area (Å²) < 4.78 is 1.07. The first-order chi connectivity index (χ1) is 19.1. The Hall–Kier alpha value is -2.98. The summed E-state index contributed by atoms with van der Waals surface area (Å²) in [5.41, 5.74) is 1.34. The zero-order chi connectivity index (χ0) is 27.1. The minimum Gasteiger partial charge on any atom is -0.271 e. The van der Waals surface area contributed by atoms with E-state index in [1.807, 2.05) is 12.1 Å². The molecule has 5 aromatic rings. The Labute approximate surface area is 239 Å². The van der Waals surface area contributed by atoms with E-state index in [2.05, 4.69) is 72.2 Å². The van der Waals surface area contributed by atoms with Crippen LogP contribution < -0.4 is 0 Å². The van der Waals surface area contributed by atoms with Crippen LogP contribution in [-0.4, -0.2) is 22.8 Å². The number of fused-ring (bicyclic) bond motifs is 2. The van der Waals surface area contributed by atoms with Crippen LogP contribution in [0.4, 0.5) is 0 Å². The Kier molecular flexibility index (Phi) is 7.33. The number of hydrogen-bond donors (Lipinski definition) is 0. The summed E-state index contributed by atoms with van der Waals surface area (Å²) in [7, 11) is 0. The van der Waals surface area contributed by atoms with Gasteiger partial charge in [-0.3, -0.25) is 14.5 Å². The molecule has 4 heteroatoms. The SMILES string of the molecule is CCCCCCC(CCCCCC)N1C(=O)c2ccc3c4cccc5c(Br)ccc(c6ccc(c2c36)C1=O)c54. The third-order valence-corrected chi connectivity index (χ3v) is 9.47. The Bertz CT molecular complexity index is 1620. The summed E-state index contributed by atoms with van der Waals surface area (Å²) in [5, 5.41) is 8.79. The monoisotopic (exact) mass is 581 g/mol. The molecular formula is C35H36BrNO2. The topological polar surface area (TPSA) is 37.4 Å². The number of carbonyl (C=O) groups excluding carboxylic acids is 2. The predicted octanol–water partition coefficient (Wildman–Crippen LogP) is 10.4. The van der Waals surface area contributed by atoms with E-state index in [1.54, 1.807) is 4.90 Å². The Morgan fingerprint density at radius 2 is 1.10 bits per heavy atom. The van der Waals surface area contributed by atoms with Gasteiger partial charge in [0, 0.05) is 27.0 Å². The van der Waals surface area contributed by atoms with Crippen LogP contribution in [0.3, 0.4) is 0 Å². The number of hydrogen-bond acceptors (Lipinski definition) is 2. The number of carbonyl (C=O) groups is 2. The molecule has 1 heterocycles. The highest BCUT2D eigenvalue weighted by atomic mass is 79.9. The van der Waals surface area contributed by atoms with Crippen molar-refractivity contribution >= 4 is 70.8 Å². The maximum absolute atomic E-state index is 14.1. The second-order valence-electron chi connectivity index (χ2n) is 11.2. The van der Waals surface area contributed by atoms with Crippen molar-refractivity contribution in [3.05, 3.63) is 70.2 Å². The molecule has 0 saturated heterocycles. The van der Waals surface area contributed by atoms with E-state index in [4.69, 9.17) is 0 Å². The average molecular weight is 583 g/mol. The molecule has 0 aliphatic carbocycles. The van der Waals surface area contributed by atoms with Gasteiger partial charge in [-0.25, -0.2) is 0 Å². The lowest BCUT2D eigenvalue weighted by Gasteiger charge is -2.34. The molecule has 2 amide bonds. The second-order valence-corrected chi connectivity index (χ2v) is 12.1. The van der Waals surface area contributed by atoms with Crippen molar-refractivity contribution in [2.75, 3.05) is 0 Å². The van der Waals surface area contributed by atoms with Gasteiger partial charge in [-0.1, -0.05) is 118 Å². The molecule has 1 aliphatic heterocycles. The fraction of sp³-hybridized carbons (Fsp3) is 0.371. The molecule has 0 N–H and O–H groups in total. The Balaban J connectivity index is 1.49. The van der Waals surface area contributed by atoms with Gasteiger partial charge in [-0.2, -0.15) is 0 Å². The van der Waals surface area contributed by atoms with Crippen LogP contribution in [0.5, 0.6) is 0 Å². The maximum atomic E-state index is 14.1. The lowest BCUT2D eigenvalue weighted by molar-refractivity contribution is 0.0517. The van der Waals surface area contributed by atoms with Crippen molar-refractivity contribution in [1.29, 1.82) is 0 Å². The average Bonchev–Trinajstić information content (AvgIpc) is 2.95. The number of halogens is 1. The van der Waals surface area contributed by atoms with Crippen LogP contribution >= 0.6 is 15.9 Å². The van der Waals surface area contributed by atoms with Gasteiger partial charge in [0.25, 0.3) is 11.8 Å². The number of amides is 2. The molecule has 3 nitrogen and oxygen atoms in total. The number of unbranched alkanes of at least 4 members (excludes halogenated alkanes) is 6. The highest BCUT2D eigenvalue weighted by molar-refractivity contribution is 9.10. The summed E-state index contributed by atoms with van der Waals surface area (Å²) in [5.74, 6) is -0.237. The number of benzene rings is 5. The lowest BCUT2D eigenvalue weighted by Crippen LogP contribution is -2.47. The third kappa shape index (κ3) is 4.32. The molecular weight excluding hydrogens is 546 g/mol. The first kappa shape index (κ1) is 26.3. The van der Waals surface area contributed by atoms with Crippen molar-refractivity contribution in [2.45, 2.75) is 84.1 Å². The Morgan fingerprint density at radius 3 is 1.69 bits per heavy atom. The van der Waals surface area contributed by atoms with E-state index in [-0.39, 0.29) is 17.9 Å². The normalized spacial score (nSPS) is 13.8. The molecule has 0 spiro atoms. The zero-order valence-corrected chi connectivity index (χ0v) is 24.6. The van der Waals surface area contributed by atoms with Gasteiger partial charge >= 0.3 is 0 Å². The van der Waals surface area contributed by atoms with Crippen LogP contribution in [0.2, 0.25) is 0 Å². The molecule has 5 aromatic carbocycles. The van der Waals surface area contributed by atoms with Gasteiger partial charge in [-0.15, -0.1) is 0 Å². The molecule has 0 bridgehead atoms. The summed E-state index contributed by atoms with van der Waals surface area (Å²) in [6.45, 7) is 4.43. The lowest BCUT2D eigenvalue weighted by atomic mass is 9.84. The molecule has 0 radical (unpaired) electrons. The van der Waals surface area contributed by atoms with Crippen molar-refractivity contribution < 1.29 is 9.59 Å². The molecule has 6 rings (SSSR count). The van der Waals surface area contributed by atoms with Crippen molar-refractivity contribution in [1.82, 2.24) is 4.90 Å². The molecule has 0 saturated carbocycles. The van der Waals surface area contributed by atoms with Crippen LogP contribution in [0, 0.1) is 0 Å². The third-order valence-electron chi connectivity index (χ3n) is 8.77. The standard InChI is InChI=1S/C35H36BrNO2/c1-3-5-7-9-12-22(13-10-8-6-4-2)37-34(38)28-18-16-25-23-14-11-15-27-30(36)21-20-24(31(23)27)26-17-19-29(35(37)39)33(28)32(25)26/h11,14-22H,3-10,12-13H2,1-2H3. The number of nitrogens with zero attached hydrogens (tertiary/aromatic N) is 1. The van der Waals surface area contributed by atoms with E-state index in [9.17, 15) is 9.59 Å². The first-order valence-corrected chi connectivity index (χ1v) is 15.6. The molecule has 200 valence electrons. The van der Waals surface area contributed by atoms with Crippen LogP contribution in [0.15, 0.2) is 59.1 Å². The van der Waals surface area contributed by atoms with Gasteiger partial charge in [0.2, 0.25) is 0 Å². The largest absolute Gasteiger partial charge is 0.271 e. The van der Waals surface area contributed by atoms with Crippen LogP contribution in [-0.2, 0) is 0 Å². The number of imide groups is 1. The van der Waals surface area contributed by atoms with Gasteiger partial charge in [0.15, 0.2) is 0 Å². The van der Waals surface area contributed by atoms with Crippen LogP contribution in [0.25, 0.3) is 43.1 Å². The van der Waals surface area contributed by atoms with Gasteiger partial charge in [0.1, 0.15) is 0 Å². The van der Waals surface area contributed by atoms with E-state index < -0.39 is 0 Å². The van der Waals surface area contributed by atoms with Gasteiger partial charge < -0.3 is 0 Å². The van der Waals surface area contributed by atoms with Gasteiger partial charge in [-0.05, 0) is 68.7 Å². The van der Waals surface area contributed by atoms with Crippen molar-refractivity contribution in [3.8, 4) is 0 Å². The summed E-state index contributed by atoms with van der Waals surface area (Å²) >= 11 is 3.73. The minimum atomic E-state index is -0.119. The minimum absolute atomic E-state index is 0.0407. The first-order valence-electron chi connectivity index (χ1n) is 14.8. The molecule has 0 fully saturated rings. The Morgan fingerprint density at radius 1 is 0.590 bits per heavy atom. The van der Waals surface area contributed by atoms with E-state index in [0.717, 1.165) is 75.3 Å². The highest BCUT2D eigenvalue weighted by Crippen LogP contribution is 2.45. The fourth-order valence-corrected chi connectivity index (χ4v) is 7.28. The van der Waals surface area contributed by atoms with E-state index >= 15 is 0 Å². The van der Waals surface area contributed by atoms with E-state index in [1.165, 1.54) is 36.5 Å². The molecule has 1 aliphatic rings. The summed E-state index contributed by atoms with van der Waals surface area (Å²) in [4.78, 5) is 29.9. The van der Waals surface area contributed by atoms with Gasteiger partial charge in [0.05, 0.1) is 0 Å². The quantitative estimate of drug-likeness (QED) is 0.0673. The molecule has 0 aromatic heterocycles. The maximum Gasteiger partial charge on any atom is 0.261 e. The summed E-state index contributed by atoms with van der Waals surface area (Å²) in [6, 6.07) is 18.8. The molecule has 0 atom stereocenters. The highest BCUT2D eigenvalue weighted by Gasteiger charge is 2.38. The molecule has 0 unspecified atom stereocenters. The van der Waals surface area contributed by atoms with Crippen LogP contribution in [0.1, 0.15) is 98.8 Å². The van der Waals surface area contributed by atoms with E-state index in [0.29, 0.717) is 11.1 Å². The van der Waals surface area contributed by atoms with Crippen molar-refractivity contribution in [2.24, 2.45) is 0 Å². The number of rotatable bonds is 11.